The van der Waals surface area contributed by atoms with Gasteiger partial charge in [0.15, 0.2) is 5.96 Å². The van der Waals surface area contributed by atoms with Crippen LogP contribution in [0.3, 0.4) is 0 Å². The van der Waals surface area contributed by atoms with E-state index in [1.165, 1.54) is 24.1 Å². The summed E-state index contributed by atoms with van der Waals surface area (Å²) in [5.41, 5.74) is 3.47. The van der Waals surface area contributed by atoms with Gasteiger partial charge < -0.3 is 10.6 Å². The average molecular weight is 421 g/mol. The van der Waals surface area contributed by atoms with Gasteiger partial charge in [-0.05, 0) is 26.7 Å². The van der Waals surface area contributed by atoms with Crippen molar-refractivity contribution in [3.63, 3.8) is 0 Å². The molecule has 0 saturated carbocycles. The summed E-state index contributed by atoms with van der Waals surface area (Å²) in [6.07, 6.45) is 2.40. The lowest BCUT2D eigenvalue weighted by Gasteiger charge is -2.16. The molecule has 0 aromatic carbocycles. The van der Waals surface area contributed by atoms with Gasteiger partial charge in [0.2, 0.25) is 0 Å². The number of hydrogen-bond donors (Lipinski definition) is 2. The highest BCUT2D eigenvalue weighted by atomic mass is 127. The van der Waals surface area contributed by atoms with Crippen LogP contribution in [0.4, 0.5) is 0 Å². The quantitative estimate of drug-likeness (QED) is 0.404. The molecule has 0 aliphatic rings. The van der Waals surface area contributed by atoms with Crippen molar-refractivity contribution in [3.05, 3.63) is 17.0 Å². The number of aryl methyl sites for hydroxylation is 2. The lowest BCUT2D eigenvalue weighted by molar-refractivity contribution is 0.481. The molecular formula is C16H32IN5. The van der Waals surface area contributed by atoms with Crippen molar-refractivity contribution in [2.24, 2.45) is 18.0 Å². The summed E-state index contributed by atoms with van der Waals surface area (Å²) in [4.78, 5) is 4.70. The number of hydrogen-bond acceptors (Lipinski definition) is 2. The summed E-state index contributed by atoms with van der Waals surface area (Å²) < 4.78 is 1.92. The molecule has 0 fully saturated rings. The molecule has 0 unspecified atom stereocenters. The van der Waals surface area contributed by atoms with E-state index in [1.807, 2.05) is 18.7 Å². The summed E-state index contributed by atoms with van der Waals surface area (Å²) in [5, 5.41) is 11.2. The first-order valence-electron chi connectivity index (χ1n) is 8.04. The van der Waals surface area contributed by atoms with Crippen LogP contribution in [-0.2, 0) is 13.6 Å². The first-order valence-corrected chi connectivity index (χ1v) is 8.04. The van der Waals surface area contributed by atoms with Gasteiger partial charge in [0.05, 0.1) is 12.2 Å². The first-order chi connectivity index (χ1) is 10.0. The van der Waals surface area contributed by atoms with Crippen molar-refractivity contribution in [3.8, 4) is 0 Å². The number of guanidine groups is 1. The molecule has 2 N–H and O–H groups in total. The largest absolute Gasteiger partial charge is 0.357 e. The Bertz CT molecular complexity index is 463. The molecule has 0 bridgehead atoms. The monoisotopic (exact) mass is 421 g/mol. The van der Waals surface area contributed by atoms with E-state index in [-0.39, 0.29) is 24.0 Å². The molecule has 0 radical (unpaired) electrons. The number of nitrogens with zero attached hydrogens (tertiary/aromatic N) is 3. The van der Waals surface area contributed by atoms with E-state index in [0.717, 1.165) is 24.7 Å². The zero-order valence-electron chi connectivity index (χ0n) is 14.9. The fourth-order valence-corrected chi connectivity index (χ4v) is 2.36. The molecule has 5 nitrogen and oxygen atoms in total. The van der Waals surface area contributed by atoms with E-state index < -0.39 is 0 Å². The van der Waals surface area contributed by atoms with Crippen LogP contribution in [0.15, 0.2) is 4.99 Å². The topological polar surface area (TPSA) is 54.2 Å². The summed E-state index contributed by atoms with van der Waals surface area (Å²) in [6, 6.07) is 0. The maximum absolute atomic E-state index is 4.70. The van der Waals surface area contributed by atoms with Crippen molar-refractivity contribution in [1.29, 1.82) is 0 Å². The highest BCUT2D eigenvalue weighted by Crippen LogP contribution is 2.12. The molecule has 22 heavy (non-hydrogen) atoms. The van der Waals surface area contributed by atoms with Crippen LogP contribution in [-0.4, -0.2) is 28.8 Å². The van der Waals surface area contributed by atoms with Crippen LogP contribution in [0.1, 0.15) is 50.6 Å². The Kier molecular flexibility index (Phi) is 10.5. The third-order valence-corrected chi connectivity index (χ3v) is 4.11. The molecule has 1 rings (SSSR count). The van der Waals surface area contributed by atoms with E-state index in [2.05, 4.69) is 43.4 Å². The predicted molar refractivity (Wildman–Crippen MR) is 105 cm³/mol. The Morgan fingerprint density at radius 3 is 2.27 bits per heavy atom. The van der Waals surface area contributed by atoms with Crippen LogP contribution in [0.5, 0.6) is 0 Å². The molecule has 0 aliphatic carbocycles. The summed E-state index contributed by atoms with van der Waals surface area (Å²) in [5.74, 6) is 1.60. The summed E-state index contributed by atoms with van der Waals surface area (Å²) in [7, 11) is 1.98. The number of nitrogens with one attached hydrogen (secondary N) is 2. The molecule has 0 aliphatic heterocycles. The molecule has 6 heteroatoms. The number of halogens is 1. The van der Waals surface area contributed by atoms with E-state index >= 15 is 0 Å². The standard InChI is InChI=1S/C16H31N5.HI/c1-7-14(8-2)10-18-16(17-9-3)19-11-15-12(4)20-21(6)13(15)5;/h14H,7-11H2,1-6H3,(H2,17,18,19);1H. The van der Waals surface area contributed by atoms with Crippen LogP contribution < -0.4 is 10.6 Å². The first kappa shape index (κ1) is 21.2. The summed E-state index contributed by atoms with van der Waals surface area (Å²) in [6.45, 7) is 13.2. The number of rotatable bonds is 7. The molecule has 1 heterocycles. The number of aliphatic imine (C=N–C) groups is 1. The Labute approximate surface area is 152 Å². The van der Waals surface area contributed by atoms with Crippen molar-refractivity contribution >= 4 is 29.9 Å². The zero-order valence-corrected chi connectivity index (χ0v) is 17.2. The minimum Gasteiger partial charge on any atom is -0.357 e. The third-order valence-electron chi connectivity index (χ3n) is 4.11. The Hall–Kier alpha value is -0.790. The van der Waals surface area contributed by atoms with Gasteiger partial charge in [-0.25, -0.2) is 4.99 Å². The van der Waals surface area contributed by atoms with E-state index in [1.54, 1.807) is 0 Å². The van der Waals surface area contributed by atoms with Crippen molar-refractivity contribution in [1.82, 2.24) is 20.4 Å². The number of aromatic nitrogens is 2. The van der Waals surface area contributed by atoms with Gasteiger partial charge in [0.1, 0.15) is 0 Å². The molecule has 128 valence electrons. The van der Waals surface area contributed by atoms with Crippen LogP contribution in [0, 0.1) is 19.8 Å². The van der Waals surface area contributed by atoms with Gasteiger partial charge in [0.25, 0.3) is 0 Å². The Balaban J connectivity index is 0.00000441. The van der Waals surface area contributed by atoms with Crippen LogP contribution in [0.25, 0.3) is 0 Å². The van der Waals surface area contributed by atoms with E-state index in [4.69, 9.17) is 4.99 Å². The maximum atomic E-state index is 4.70. The fraction of sp³-hybridized carbons (Fsp3) is 0.750. The average Bonchev–Trinajstić information content (AvgIpc) is 2.71. The second-order valence-corrected chi connectivity index (χ2v) is 5.53. The molecule has 1 aromatic rings. The SMILES string of the molecule is CCNC(=NCc1c(C)nn(C)c1C)NCC(CC)CC.I. The fourth-order valence-electron chi connectivity index (χ4n) is 2.36. The van der Waals surface area contributed by atoms with Gasteiger partial charge >= 0.3 is 0 Å². The van der Waals surface area contributed by atoms with Crippen molar-refractivity contribution < 1.29 is 0 Å². The minimum atomic E-state index is 0. The lowest BCUT2D eigenvalue weighted by atomic mass is 10.0. The zero-order chi connectivity index (χ0) is 15.8. The van der Waals surface area contributed by atoms with Crippen molar-refractivity contribution in [2.45, 2.75) is 54.0 Å². The highest BCUT2D eigenvalue weighted by Gasteiger charge is 2.09. The van der Waals surface area contributed by atoms with Gasteiger partial charge in [-0.15, -0.1) is 24.0 Å². The predicted octanol–water partition coefficient (Wildman–Crippen LogP) is 3.15. The molecule has 1 aromatic heterocycles. The lowest BCUT2D eigenvalue weighted by Crippen LogP contribution is -2.39. The molecular weight excluding hydrogens is 389 g/mol. The second-order valence-electron chi connectivity index (χ2n) is 5.53. The molecule has 0 atom stereocenters. The van der Waals surface area contributed by atoms with Gasteiger partial charge in [-0.2, -0.15) is 5.10 Å². The van der Waals surface area contributed by atoms with Gasteiger partial charge in [-0.1, -0.05) is 26.7 Å². The van der Waals surface area contributed by atoms with Crippen molar-refractivity contribution in [2.75, 3.05) is 13.1 Å². The third kappa shape index (κ3) is 6.14. The van der Waals surface area contributed by atoms with Gasteiger partial charge in [0, 0.05) is 31.4 Å². The normalized spacial score (nSPS) is 11.5. The molecule has 0 spiro atoms. The highest BCUT2D eigenvalue weighted by molar-refractivity contribution is 14.0. The minimum absolute atomic E-state index is 0. The Morgan fingerprint density at radius 2 is 1.82 bits per heavy atom. The van der Waals surface area contributed by atoms with E-state index in [9.17, 15) is 0 Å². The van der Waals surface area contributed by atoms with E-state index in [0.29, 0.717) is 12.5 Å². The van der Waals surface area contributed by atoms with Crippen LogP contribution >= 0.6 is 24.0 Å². The smallest absolute Gasteiger partial charge is 0.191 e. The second kappa shape index (κ2) is 10.9. The summed E-state index contributed by atoms with van der Waals surface area (Å²) >= 11 is 0. The maximum Gasteiger partial charge on any atom is 0.191 e. The van der Waals surface area contributed by atoms with Crippen LogP contribution in [0.2, 0.25) is 0 Å². The molecule has 0 saturated heterocycles. The Morgan fingerprint density at radius 1 is 1.18 bits per heavy atom. The molecule has 0 amide bonds. The van der Waals surface area contributed by atoms with Gasteiger partial charge in [-0.3, -0.25) is 4.68 Å².